The maximum Gasteiger partial charge on any atom is 0.251 e. The number of hydrogen-bond donors (Lipinski definition) is 1. The summed E-state index contributed by atoms with van der Waals surface area (Å²) in [6.07, 6.45) is -3.29. The number of carbonyl (C=O) groups excluding carboxylic acids is 2. The number of ketones is 1. The molecular formula is C7H11F2N3O2. The van der Waals surface area contributed by atoms with Gasteiger partial charge in [-0.1, -0.05) is 0 Å². The van der Waals surface area contributed by atoms with Crippen molar-refractivity contribution in [3.63, 3.8) is 0 Å². The first-order valence-electron chi connectivity index (χ1n) is 4.04. The summed E-state index contributed by atoms with van der Waals surface area (Å²) in [5.74, 6) is -0.724. The Morgan fingerprint density at radius 3 is 2.86 bits per heavy atom. The minimum atomic E-state index is -2.52. The summed E-state index contributed by atoms with van der Waals surface area (Å²) in [5.41, 5.74) is 2.69. The lowest BCUT2D eigenvalue weighted by molar-refractivity contribution is -0.136. The molecular weight excluding hydrogens is 196 g/mol. The first kappa shape index (κ1) is 11.2. The maximum absolute atomic E-state index is 12.1. The minimum absolute atomic E-state index is 0.144. The topological polar surface area (TPSA) is 52.6 Å². The van der Waals surface area contributed by atoms with Gasteiger partial charge in [0.05, 0.1) is 13.2 Å². The zero-order valence-corrected chi connectivity index (χ0v) is 7.61. The van der Waals surface area contributed by atoms with Gasteiger partial charge in [0.25, 0.3) is 6.43 Å². The van der Waals surface area contributed by atoms with E-state index in [1.807, 2.05) is 0 Å². The van der Waals surface area contributed by atoms with Crippen molar-refractivity contribution in [2.24, 2.45) is 0 Å². The molecule has 0 amide bonds. The monoisotopic (exact) mass is 207 g/mol. The Labute approximate surface area is 79.6 Å². The Hall–Kier alpha value is -0.920. The van der Waals surface area contributed by atoms with Gasteiger partial charge in [-0.2, -0.15) is 0 Å². The van der Waals surface area contributed by atoms with Crippen LogP contribution in [-0.4, -0.2) is 54.8 Å². The predicted octanol–water partition coefficient (Wildman–Crippen LogP) is -0.945. The molecule has 0 saturated carbocycles. The van der Waals surface area contributed by atoms with Crippen molar-refractivity contribution >= 4 is 12.1 Å². The summed E-state index contributed by atoms with van der Waals surface area (Å²) in [6, 6.07) is 0. The van der Waals surface area contributed by atoms with E-state index in [2.05, 4.69) is 5.43 Å². The van der Waals surface area contributed by atoms with Crippen LogP contribution in [0.25, 0.3) is 0 Å². The smallest absolute Gasteiger partial charge is 0.251 e. The lowest BCUT2D eigenvalue weighted by Crippen LogP contribution is -2.46. The molecule has 5 nitrogen and oxygen atoms in total. The average molecular weight is 207 g/mol. The number of hydrogen-bond acceptors (Lipinski definition) is 5. The van der Waals surface area contributed by atoms with Crippen LogP contribution in [-0.2, 0) is 9.59 Å². The molecule has 1 saturated heterocycles. The Balaban J connectivity index is 2.66. The molecule has 1 heterocycles. The van der Waals surface area contributed by atoms with E-state index in [-0.39, 0.29) is 13.0 Å². The lowest BCUT2D eigenvalue weighted by atomic mass is 10.3. The van der Waals surface area contributed by atoms with Crippen molar-refractivity contribution in [3.8, 4) is 0 Å². The summed E-state index contributed by atoms with van der Waals surface area (Å²) in [5, 5.41) is 1.35. The molecule has 80 valence electrons. The average Bonchev–Trinajstić information content (AvgIpc) is 2.45. The summed E-state index contributed by atoms with van der Waals surface area (Å²) < 4.78 is 24.1. The van der Waals surface area contributed by atoms with Gasteiger partial charge in [0.1, 0.15) is 6.17 Å². The minimum Gasteiger partial charge on any atom is -0.294 e. The molecule has 0 spiro atoms. The molecule has 1 aliphatic heterocycles. The Morgan fingerprint density at radius 2 is 2.36 bits per heavy atom. The molecule has 1 aliphatic rings. The van der Waals surface area contributed by atoms with Gasteiger partial charge in [-0.3, -0.25) is 14.5 Å². The predicted molar refractivity (Wildman–Crippen MR) is 43.3 cm³/mol. The number of nitrogens with zero attached hydrogens (tertiary/aromatic N) is 2. The number of rotatable bonds is 4. The van der Waals surface area contributed by atoms with Crippen molar-refractivity contribution in [3.05, 3.63) is 0 Å². The zero-order valence-electron chi connectivity index (χ0n) is 7.61. The van der Waals surface area contributed by atoms with Gasteiger partial charge in [-0.25, -0.2) is 19.2 Å². The van der Waals surface area contributed by atoms with Crippen LogP contribution >= 0.6 is 0 Å². The molecule has 0 aromatic carbocycles. The second kappa shape index (κ2) is 4.54. The number of hydrazine groups is 1. The number of halogens is 2. The molecule has 7 heteroatoms. The molecule has 14 heavy (non-hydrogen) atoms. The normalized spacial score (nSPS) is 24.4. The standard InChI is InChI=1S/C7H11F2N3O2/c1-11-7(5(14)3-13)12(4-10-11)2-6(8)9/h3,6-7,10H,2,4H2,1H3. The number of likely N-dealkylation sites (N-methyl/N-ethyl adjacent to an activating group) is 1. The summed E-state index contributed by atoms with van der Waals surface area (Å²) >= 11 is 0. The van der Waals surface area contributed by atoms with Gasteiger partial charge in [0.2, 0.25) is 5.78 Å². The Morgan fingerprint density at radius 1 is 1.71 bits per heavy atom. The molecule has 1 N–H and O–H groups in total. The number of alkyl halides is 2. The highest BCUT2D eigenvalue weighted by molar-refractivity contribution is 6.27. The third-order valence-corrected chi connectivity index (χ3v) is 1.98. The van der Waals surface area contributed by atoms with Gasteiger partial charge in [-0.15, -0.1) is 0 Å². The van der Waals surface area contributed by atoms with E-state index >= 15 is 0 Å². The molecule has 1 rings (SSSR count). The maximum atomic E-state index is 12.1. The Bertz CT molecular complexity index is 237. The van der Waals surface area contributed by atoms with Crippen LogP contribution in [0.2, 0.25) is 0 Å². The summed E-state index contributed by atoms with van der Waals surface area (Å²) in [7, 11) is 1.53. The fourth-order valence-electron chi connectivity index (χ4n) is 1.39. The van der Waals surface area contributed by atoms with E-state index in [1.165, 1.54) is 17.0 Å². The molecule has 1 unspecified atom stereocenters. The van der Waals surface area contributed by atoms with Crippen LogP contribution in [0.15, 0.2) is 0 Å². The second-order valence-electron chi connectivity index (χ2n) is 2.98. The fraction of sp³-hybridized carbons (Fsp3) is 0.714. The number of aldehydes is 1. The SMILES string of the molecule is CN1NCN(CC(F)F)C1C(=O)C=O. The van der Waals surface area contributed by atoms with E-state index in [1.54, 1.807) is 0 Å². The van der Waals surface area contributed by atoms with E-state index in [0.29, 0.717) is 0 Å². The molecule has 0 aromatic rings. The van der Waals surface area contributed by atoms with Gasteiger partial charge in [-0.05, 0) is 0 Å². The fourth-order valence-corrected chi connectivity index (χ4v) is 1.39. The van der Waals surface area contributed by atoms with Crippen LogP contribution in [0, 0.1) is 0 Å². The van der Waals surface area contributed by atoms with Crippen molar-refractivity contribution < 1.29 is 18.4 Å². The number of nitrogens with one attached hydrogen (secondary N) is 1. The van der Waals surface area contributed by atoms with E-state index in [4.69, 9.17) is 0 Å². The molecule has 0 bridgehead atoms. The quantitative estimate of drug-likeness (QED) is 0.476. The first-order chi connectivity index (χ1) is 6.56. The van der Waals surface area contributed by atoms with Crippen molar-refractivity contribution in [2.75, 3.05) is 20.3 Å². The Kier molecular flexibility index (Phi) is 3.62. The molecule has 0 aromatic heterocycles. The van der Waals surface area contributed by atoms with E-state index < -0.39 is 24.9 Å². The van der Waals surface area contributed by atoms with Crippen molar-refractivity contribution in [2.45, 2.75) is 12.6 Å². The highest BCUT2D eigenvalue weighted by Gasteiger charge is 2.35. The largest absolute Gasteiger partial charge is 0.294 e. The van der Waals surface area contributed by atoms with E-state index in [9.17, 15) is 18.4 Å². The molecule has 1 fully saturated rings. The van der Waals surface area contributed by atoms with Gasteiger partial charge in [0.15, 0.2) is 6.29 Å². The summed E-state index contributed by atoms with van der Waals surface area (Å²) in [4.78, 5) is 22.5. The van der Waals surface area contributed by atoms with Crippen LogP contribution < -0.4 is 5.43 Å². The highest BCUT2D eigenvalue weighted by Crippen LogP contribution is 2.11. The van der Waals surface area contributed by atoms with Gasteiger partial charge in [0, 0.05) is 7.05 Å². The van der Waals surface area contributed by atoms with Gasteiger partial charge < -0.3 is 0 Å². The highest BCUT2D eigenvalue weighted by atomic mass is 19.3. The van der Waals surface area contributed by atoms with Crippen LogP contribution in [0.5, 0.6) is 0 Å². The third kappa shape index (κ3) is 2.31. The third-order valence-electron chi connectivity index (χ3n) is 1.98. The summed E-state index contributed by atoms with van der Waals surface area (Å²) in [6.45, 7) is -0.382. The zero-order chi connectivity index (χ0) is 10.7. The molecule has 0 aliphatic carbocycles. The van der Waals surface area contributed by atoms with Crippen molar-refractivity contribution in [1.29, 1.82) is 0 Å². The van der Waals surface area contributed by atoms with Crippen LogP contribution in [0.1, 0.15) is 0 Å². The van der Waals surface area contributed by atoms with E-state index in [0.717, 1.165) is 0 Å². The molecule has 1 atom stereocenters. The van der Waals surface area contributed by atoms with Crippen LogP contribution in [0.4, 0.5) is 8.78 Å². The number of carbonyl (C=O) groups is 2. The number of Topliss-reactive ketones (excluding diaryl/α,β-unsaturated/α-hetero) is 1. The van der Waals surface area contributed by atoms with Crippen molar-refractivity contribution in [1.82, 2.24) is 15.3 Å². The molecule has 0 radical (unpaired) electrons. The first-order valence-corrected chi connectivity index (χ1v) is 4.04. The second-order valence-corrected chi connectivity index (χ2v) is 2.98. The van der Waals surface area contributed by atoms with Gasteiger partial charge >= 0.3 is 0 Å². The lowest BCUT2D eigenvalue weighted by Gasteiger charge is -2.22. The van der Waals surface area contributed by atoms with Crippen LogP contribution in [0.3, 0.4) is 0 Å².